The Hall–Kier alpha value is -1.58. The molecule has 0 aliphatic carbocycles. The molecule has 2 N–H and O–H groups in total. The maximum absolute atomic E-state index is 13.9. The van der Waals surface area contributed by atoms with E-state index in [1.54, 1.807) is 0 Å². The maximum Gasteiger partial charge on any atom is 0.330 e. The summed E-state index contributed by atoms with van der Waals surface area (Å²) >= 11 is 0. The summed E-state index contributed by atoms with van der Waals surface area (Å²) in [7, 11) is 1.27. The van der Waals surface area contributed by atoms with Crippen molar-refractivity contribution >= 4 is 0 Å². The molecule has 1 aromatic rings. The summed E-state index contributed by atoms with van der Waals surface area (Å²) in [6, 6.07) is 0.914. The van der Waals surface area contributed by atoms with Crippen LogP contribution in [0.5, 0.6) is 0 Å². The molecule has 1 aliphatic heterocycles. The third-order valence-electron chi connectivity index (χ3n) is 2.81. The highest BCUT2D eigenvalue weighted by Crippen LogP contribution is 2.41. The van der Waals surface area contributed by atoms with Crippen LogP contribution in [0.25, 0.3) is 0 Å². The molecule has 0 aromatic carbocycles. The van der Waals surface area contributed by atoms with E-state index < -0.39 is 35.6 Å². The van der Waals surface area contributed by atoms with Gasteiger partial charge in [-0.25, -0.2) is 4.79 Å². The van der Waals surface area contributed by atoms with Crippen LogP contribution in [-0.4, -0.2) is 46.5 Å². The van der Waals surface area contributed by atoms with Gasteiger partial charge in [0.25, 0.3) is 5.56 Å². The second-order valence-electron chi connectivity index (χ2n) is 4.12. The van der Waals surface area contributed by atoms with Gasteiger partial charge in [-0.3, -0.25) is 14.3 Å². The Kier molecular flexibility index (Phi) is 3.52. The number of aromatic nitrogens is 2. The number of nitrogens with zero attached hydrogens (tertiary/aromatic N) is 1. The Bertz CT molecular complexity index is 570. The van der Waals surface area contributed by atoms with Gasteiger partial charge in [0.15, 0.2) is 6.10 Å². The predicted molar refractivity (Wildman–Crippen MR) is 58.1 cm³/mol. The number of methoxy groups -OCH3 is 1. The van der Waals surface area contributed by atoms with Crippen molar-refractivity contribution in [2.45, 2.75) is 24.4 Å². The van der Waals surface area contributed by atoms with Crippen molar-refractivity contribution in [3.05, 3.63) is 33.1 Å². The number of hydrogen-bond donors (Lipinski definition) is 2. The molecule has 19 heavy (non-hydrogen) atoms. The van der Waals surface area contributed by atoms with Crippen LogP contribution >= 0.6 is 0 Å². The molecule has 0 spiro atoms. The van der Waals surface area contributed by atoms with Gasteiger partial charge in [0.1, 0.15) is 6.10 Å². The Morgan fingerprint density at radius 2 is 2.26 bits per heavy atom. The Morgan fingerprint density at radius 1 is 1.58 bits per heavy atom. The van der Waals surface area contributed by atoms with Gasteiger partial charge in [-0.2, -0.15) is 8.78 Å². The van der Waals surface area contributed by atoms with Gasteiger partial charge in [0.05, 0.1) is 6.61 Å². The van der Waals surface area contributed by atoms with Crippen molar-refractivity contribution in [2.24, 2.45) is 0 Å². The lowest BCUT2D eigenvalue weighted by molar-refractivity contribution is -0.141. The van der Waals surface area contributed by atoms with Gasteiger partial charge in [0.2, 0.25) is 6.23 Å². The highest BCUT2D eigenvalue weighted by Gasteiger charge is 2.59. The average Bonchev–Trinajstić information content (AvgIpc) is 2.54. The molecule has 7 nitrogen and oxygen atoms in total. The van der Waals surface area contributed by atoms with Crippen LogP contribution in [0.4, 0.5) is 8.78 Å². The molecule has 0 bridgehead atoms. The molecule has 2 heterocycles. The smallest absolute Gasteiger partial charge is 0.330 e. The summed E-state index contributed by atoms with van der Waals surface area (Å²) in [5.41, 5.74) is -1.75. The molecule has 0 amide bonds. The first-order valence-electron chi connectivity index (χ1n) is 5.39. The molecule has 3 unspecified atom stereocenters. The standard InChI is InChI=1S/C10H12F2N2O5/c1-18-4-5-7(16)10(11,12)8(19-5)14-3-2-6(15)13-9(14)17/h2-3,5,7-8,16H,4H2,1H3,(H,13,15,17). The summed E-state index contributed by atoms with van der Waals surface area (Å²) in [5.74, 6) is -3.68. The lowest BCUT2D eigenvalue weighted by Gasteiger charge is -2.20. The lowest BCUT2D eigenvalue weighted by atomic mass is 10.1. The van der Waals surface area contributed by atoms with Crippen LogP contribution in [0.1, 0.15) is 6.23 Å². The van der Waals surface area contributed by atoms with Gasteiger partial charge < -0.3 is 14.6 Å². The minimum absolute atomic E-state index is 0.245. The number of rotatable bonds is 3. The molecule has 9 heteroatoms. The van der Waals surface area contributed by atoms with E-state index in [0.29, 0.717) is 4.57 Å². The minimum atomic E-state index is -3.68. The minimum Gasteiger partial charge on any atom is -0.384 e. The number of alkyl halides is 2. The van der Waals surface area contributed by atoms with Crippen molar-refractivity contribution in [3.63, 3.8) is 0 Å². The number of aliphatic hydroxyl groups excluding tert-OH is 1. The van der Waals surface area contributed by atoms with E-state index in [9.17, 15) is 23.5 Å². The lowest BCUT2D eigenvalue weighted by Crippen LogP contribution is -2.42. The van der Waals surface area contributed by atoms with E-state index >= 15 is 0 Å². The first-order valence-corrected chi connectivity index (χ1v) is 5.39. The molecule has 3 atom stereocenters. The third-order valence-corrected chi connectivity index (χ3v) is 2.81. The van der Waals surface area contributed by atoms with Crippen molar-refractivity contribution in [1.82, 2.24) is 9.55 Å². The quantitative estimate of drug-likeness (QED) is 0.745. The van der Waals surface area contributed by atoms with E-state index in [1.807, 2.05) is 4.98 Å². The van der Waals surface area contributed by atoms with Crippen molar-refractivity contribution < 1.29 is 23.4 Å². The van der Waals surface area contributed by atoms with E-state index in [-0.39, 0.29) is 6.61 Å². The molecule has 1 aromatic heterocycles. The number of aliphatic hydroxyl groups is 1. The summed E-state index contributed by atoms with van der Waals surface area (Å²) in [6.45, 7) is -0.245. The van der Waals surface area contributed by atoms with Crippen LogP contribution in [0.2, 0.25) is 0 Å². The number of halogens is 2. The van der Waals surface area contributed by atoms with E-state index in [0.717, 1.165) is 12.3 Å². The van der Waals surface area contributed by atoms with Crippen LogP contribution in [0.3, 0.4) is 0 Å². The summed E-state index contributed by atoms with van der Waals surface area (Å²) in [6.07, 6.45) is -4.46. The number of ether oxygens (including phenoxy) is 2. The molecule has 0 radical (unpaired) electrons. The van der Waals surface area contributed by atoms with Gasteiger partial charge in [-0.05, 0) is 0 Å². The Balaban J connectivity index is 2.39. The fourth-order valence-electron chi connectivity index (χ4n) is 1.88. The molecular weight excluding hydrogens is 266 g/mol. The highest BCUT2D eigenvalue weighted by molar-refractivity contribution is 4.97. The zero-order valence-corrected chi connectivity index (χ0v) is 9.88. The Morgan fingerprint density at radius 3 is 2.84 bits per heavy atom. The van der Waals surface area contributed by atoms with Crippen molar-refractivity contribution in [2.75, 3.05) is 13.7 Å². The topological polar surface area (TPSA) is 93.5 Å². The van der Waals surface area contributed by atoms with Crippen LogP contribution < -0.4 is 11.2 Å². The molecule has 2 rings (SSSR count). The SMILES string of the molecule is COCC1OC(n2ccc(=O)[nH]c2=O)C(F)(F)C1O. The monoisotopic (exact) mass is 278 g/mol. The van der Waals surface area contributed by atoms with E-state index in [4.69, 9.17) is 4.74 Å². The van der Waals surface area contributed by atoms with Gasteiger partial charge >= 0.3 is 11.6 Å². The van der Waals surface area contributed by atoms with Gasteiger partial charge in [-0.15, -0.1) is 0 Å². The largest absolute Gasteiger partial charge is 0.384 e. The number of H-pyrrole nitrogens is 1. The maximum atomic E-state index is 13.9. The summed E-state index contributed by atoms with van der Waals surface area (Å²) < 4.78 is 37.9. The van der Waals surface area contributed by atoms with Gasteiger partial charge in [0, 0.05) is 19.4 Å². The van der Waals surface area contributed by atoms with Crippen LogP contribution in [-0.2, 0) is 9.47 Å². The molecule has 106 valence electrons. The summed E-state index contributed by atoms with van der Waals surface area (Å²) in [5, 5.41) is 9.48. The molecule has 1 saturated heterocycles. The van der Waals surface area contributed by atoms with Crippen LogP contribution in [0.15, 0.2) is 21.9 Å². The second-order valence-corrected chi connectivity index (χ2v) is 4.12. The first-order chi connectivity index (χ1) is 8.87. The zero-order valence-electron chi connectivity index (χ0n) is 9.88. The molecule has 0 saturated carbocycles. The fraction of sp³-hybridized carbons (Fsp3) is 0.600. The average molecular weight is 278 g/mol. The Labute approximate surface area is 105 Å². The highest BCUT2D eigenvalue weighted by atomic mass is 19.3. The first kappa shape index (κ1) is 13.8. The van der Waals surface area contributed by atoms with Crippen LogP contribution in [0, 0.1) is 0 Å². The third kappa shape index (κ3) is 2.31. The molecule has 1 fully saturated rings. The van der Waals surface area contributed by atoms with Gasteiger partial charge in [-0.1, -0.05) is 0 Å². The van der Waals surface area contributed by atoms with E-state index in [2.05, 4.69) is 4.74 Å². The molecule has 1 aliphatic rings. The summed E-state index contributed by atoms with van der Waals surface area (Å²) in [4.78, 5) is 24.2. The van der Waals surface area contributed by atoms with E-state index in [1.165, 1.54) is 7.11 Å². The number of hydrogen-bond acceptors (Lipinski definition) is 5. The predicted octanol–water partition coefficient (Wildman–Crippen LogP) is -0.923. The van der Waals surface area contributed by atoms with Crippen molar-refractivity contribution in [3.8, 4) is 0 Å². The number of aromatic amines is 1. The second kappa shape index (κ2) is 4.83. The molecular formula is C10H12F2N2O5. The number of nitrogens with one attached hydrogen (secondary N) is 1. The fourth-order valence-corrected chi connectivity index (χ4v) is 1.88. The van der Waals surface area contributed by atoms with Crippen molar-refractivity contribution in [1.29, 1.82) is 0 Å². The zero-order chi connectivity index (χ0) is 14.2. The normalized spacial score (nSPS) is 29.6.